The lowest BCUT2D eigenvalue weighted by Crippen LogP contribution is -2.25. The highest BCUT2D eigenvalue weighted by Gasteiger charge is 2.18. The average Bonchev–Trinajstić information content (AvgIpc) is 3.17. The zero-order valence-corrected chi connectivity index (χ0v) is 19.0. The minimum Gasteiger partial charge on any atom is -0.487 e. The van der Waals surface area contributed by atoms with Crippen molar-refractivity contribution >= 4 is 28.4 Å². The van der Waals surface area contributed by atoms with Crippen LogP contribution in [0.1, 0.15) is 36.7 Å². The fourth-order valence-corrected chi connectivity index (χ4v) is 4.03. The Balaban J connectivity index is 1.73. The second-order valence-corrected chi connectivity index (χ2v) is 8.11. The van der Waals surface area contributed by atoms with Crippen LogP contribution in [0.2, 0.25) is 5.02 Å². The summed E-state index contributed by atoms with van der Waals surface area (Å²) >= 11 is 6.34. The number of hydrogen-bond acceptors (Lipinski definition) is 4. The highest BCUT2D eigenvalue weighted by Crippen LogP contribution is 2.32. The maximum atomic E-state index is 14.0. The predicted octanol–water partition coefficient (Wildman–Crippen LogP) is 5.44. The van der Waals surface area contributed by atoms with Crippen molar-refractivity contribution in [2.24, 2.45) is 0 Å². The highest BCUT2D eigenvalue weighted by atomic mass is 35.5. The van der Waals surface area contributed by atoms with Crippen molar-refractivity contribution in [1.82, 2.24) is 20.1 Å². The molecule has 1 amide bonds. The van der Waals surface area contributed by atoms with Crippen molar-refractivity contribution in [3.05, 3.63) is 82.3 Å². The fourth-order valence-electron chi connectivity index (χ4n) is 3.76. The number of para-hydroxylation sites is 1. The highest BCUT2D eigenvalue weighted by molar-refractivity contribution is 6.31. The number of amides is 1. The average molecular weight is 471 g/mol. The molecule has 0 radical (unpaired) electrons. The van der Waals surface area contributed by atoms with Gasteiger partial charge < -0.3 is 10.1 Å². The first-order valence-corrected chi connectivity index (χ1v) is 10.6. The first kappa shape index (κ1) is 22.7. The van der Waals surface area contributed by atoms with E-state index in [0.29, 0.717) is 33.8 Å². The molecule has 2 heterocycles. The Morgan fingerprint density at radius 3 is 2.73 bits per heavy atom. The van der Waals surface area contributed by atoms with E-state index in [9.17, 15) is 13.6 Å². The van der Waals surface area contributed by atoms with Crippen molar-refractivity contribution in [3.63, 3.8) is 0 Å². The molecule has 9 heteroatoms. The molecule has 0 aliphatic carbocycles. The molecule has 4 rings (SSSR count). The van der Waals surface area contributed by atoms with Gasteiger partial charge in [-0.1, -0.05) is 23.7 Å². The number of aromatic nitrogens is 3. The Kier molecular flexibility index (Phi) is 6.29. The van der Waals surface area contributed by atoms with Crippen LogP contribution in [-0.2, 0) is 11.4 Å². The molecule has 4 aromatic rings. The van der Waals surface area contributed by atoms with Crippen LogP contribution in [0.25, 0.3) is 16.6 Å². The van der Waals surface area contributed by atoms with Crippen molar-refractivity contribution in [3.8, 4) is 11.4 Å². The number of carbonyl (C=O) groups is 1. The normalized spacial score (nSPS) is 12.1. The lowest BCUT2D eigenvalue weighted by Gasteiger charge is -2.19. The lowest BCUT2D eigenvalue weighted by molar-refractivity contribution is -0.119. The minimum atomic E-state index is -0.505. The molecule has 170 valence electrons. The van der Waals surface area contributed by atoms with Gasteiger partial charge in [-0.3, -0.25) is 4.79 Å². The van der Waals surface area contributed by atoms with Gasteiger partial charge in [0.15, 0.2) is 5.82 Å². The van der Waals surface area contributed by atoms with Gasteiger partial charge in [-0.2, -0.15) is 5.10 Å². The number of aryl methyl sites for hydroxylation is 1. The molecule has 1 atom stereocenters. The third-order valence-electron chi connectivity index (χ3n) is 5.16. The molecule has 0 aliphatic rings. The van der Waals surface area contributed by atoms with Crippen LogP contribution in [0.3, 0.4) is 0 Å². The van der Waals surface area contributed by atoms with Gasteiger partial charge in [0.1, 0.15) is 23.7 Å². The molecule has 0 bridgehead atoms. The van der Waals surface area contributed by atoms with Gasteiger partial charge in [0.05, 0.1) is 29.1 Å². The van der Waals surface area contributed by atoms with Crippen molar-refractivity contribution in [2.45, 2.75) is 33.4 Å². The third kappa shape index (κ3) is 4.80. The standard InChI is InChI=1S/C24H21ClF2N4O2/c1-13-7-22(31-11-17(27)10-28-31)18-5-4-6-23(24(18)29-13)33-12-20-19(14(2)30-15(3)32)8-16(26)9-21(20)25/h4-11,14H,12H2,1-3H3,(H,30,32). The number of nitrogens with zero attached hydrogens (tertiary/aromatic N) is 3. The Hall–Kier alpha value is -3.52. The molecule has 2 aromatic carbocycles. The Morgan fingerprint density at radius 2 is 2.03 bits per heavy atom. The molecule has 0 spiro atoms. The molecule has 6 nitrogen and oxygen atoms in total. The Labute approximate surface area is 194 Å². The molecule has 1 unspecified atom stereocenters. The number of ether oxygens (including phenoxy) is 1. The number of pyridine rings is 1. The van der Waals surface area contributed by atoms with Gasteiger partial charge in [0, 0.05) is 23.6 Å². The fraction of sp³-hybridized carbons (Fsp3) is 0.208. The van der Waals surface area contributed by atoms with Gasteiger partial charge in [-0.05, 0) is 43.7 Å². The van der Waals surface area contributed by atoms with Gasteiger partial charge in [-0.15, -0.1) is 0 Å². The monoisotopic (exact) mass is 470 g/mol. The van der Waals surface area contributed by atoms with E-state index in [4.69, 9.17) is 16.3 Å². The quantitative estimate of drug-likeness (QED) is 0.407. The maximum Gasteiger partial charge on any atom is 0.217 e. The zero-order chi connectivity index (χ0) is 23.7. The van der Waals surface area contributed by atoms with Gasteiger partial charge in [0.2, 0.25) is 5.91 Å². The van der Waals surface area contributed by atoms with E-state index < -0.39 is 17.7 Å². The number of nitrogens with one attached hydrogen (secondary N) is 1. The zero-order valence-electron chi connectivity index (χ0n) is 18.2. The van der Waals surface area contributed by atoms with Crippen LogP contribution < -0.4 is 10.1 Å². The van der Waals surface area contributed by atoms with E-state index in [1.165, 1.54) is 29.9 Å². The lowest BCUT2D eigenvalue weighted by atomic mass is 10.0. The molecule has 0 aliphatic heterocycles. The number of carbonyl (C=O) groups excluding carboxylic acids is 1. The maximum absolute atomic E-state index is 14.0. The number of benzene rings is 2. The second kappa shape index (κ2) is 9.15. The molecule has 33 heavy (non-hydrogen) atoms. The van der Waals surface area contributed by atoms with Crippen LogP contribution in [0.4, 0.5) is 8.78 Å². The van der Waals surface area contributed by atoms with Crippen LogP contribution in [-0.4, -0.2) is 20.7 Å². The third-order valence-corrected chi connectivity index (χ3v) is 5.50. The van der Waals surface area contributed by atoms with Crippen molar-refractivity contribution in [1.29, 1.82) is 0 Å². The largest absolute Gasteiger partial charge is 0.487 e. The predicted molar refractivity (Wildman–Crippen MR) is 122 cm³/mol. The second-order valence-electron chi connectivity index (χ2n) is 7.70. The first-order valence-electron chi connectivity index (χ1n) is 10.2. The molecule has 0 saturated carbocycles. The SMILES string of the molecule is CC(=O)NC(C)c1cc(F)cc(Cl)c1COc1cccc2c(-n3cc(F)cn3)cc(C)nc12. The Bertz CT molecular complexity index is 1360. The molecule has 1 N–H and O–H groups in total. The van der Waals surface area contributed by atoms with Gasteiger partial charge >= 0.3 is 0 Å². The molecule has 2 aromatic heterocycles. The van der Waals surface area contributed by atoms with Crippen molar-refractivity contribution in [2.75, 3.05) is 0 Å². The summed E-state index contributed by atoms with van der Waals surface area (Å²) in [5, 5.41) is 7.72. The summed E-state index contributed by atoms with van der Waals surface area (Å²) in [5.74, 6) is -0.721. The van der Waals surface area contributed by atoms with Crippen LogP contribution in [0.15, 0.2) is 48.8 Å². The first-order chi connectivity index (χ1) is 15.7. The summed E-state index contributed by atoms with van der Waals surface area (Å²) in [7, 11) is 0. The van der Waals surface area contributed by atoms with E-state index in [2.05, 4.69) is 15.4 Å². The summed E-state index contributed by atoms with van der Waals surface area (Å²) in [6, 6.07) is 9.29. The van der Waals surface area contributed by atoms with Crippen LogP contribution in [0.5, 0.6) is 5.75 Å². The Morgan fingerprint density at radius 1 is 1.24 bits per heavy atom. The van der Waals surface area contributed by atoms with Crippen LogP contribution >= 0.6 is 11.6 Å². The van der Waals surface area contributed by atoms with Crippen molar-refractivity contribution < 1.29 is 18.3 Å². The number of rotatable bonds is 6. The minimum absolute atomic E-state index is 0.0266. The molecular formula is C24H21ClF2N4O2. The van der Waals surface area contributed by atoms with Gasteiger partial charge in [0.25, 0.3) is 0 Å². The smallest absolute Gasteiger partial charge is 0.217 e. The van der Waals surface area contributed by atoms with Gasteiger partial charge in [-0.25, -0.2) is 18.4 Å². The number of halogens is 3. The number of hydrogen-bond donors (Lipinski definition) is 1. The van der Waals surface area contributed by atoms with E-state index in [1.54, 1.807) is 19.1 Å². The van der Waals surface area contributed by atoms with E-state index in [1.807, 2.05) is 19.1 Å². The van der Waals surface area contributed by atoms with E-state index in [0.717, 1.165) is 11.6 Å². The topological polar surface area (TPSA) is 69.0 Å². The molecule has 0 saturated heterocycles. The van der Waals surface area contributed by atoms with E-state index >= 15 is 0 Å². The summed E-state index contributed by atoms with van der Waals surface area (Å²) in [4.78, 5) is 16.1. The summed E-state index contributed by atoms with van der Waals surface area (Å²) in [6.07, 6.45) is 2.42. The summed E-state index contributed by atoms with van der Waals surface area (Å²) in [6.45, 7) is 4.98. The van der Waals surface area contributed by atoms with E-state index in [-0.39, 0.29) is 17.5 Å². The summed E-state index contributed by atoms with van der Waals surface area (Å²) < 4.78 is 35.1. The summed E-state index contributed by atoms with van der Waals surface area (Å²) in [5.41, 5.74) is 3.00. The number of fused-ring (bicyclic) bond motifs is 1. The molecular weight excluding hydrogens is 450 g/mol. The van der Waals surface area contributed by atoms with Crippen LogP contribution in [0, 0.1) is 18.6 Å². The molecule has 0 fully saturated rings.